The van der Waals surface area contributed by atoms with Crippen LogP contribution in [0.25, 0.3) is 10.9 Å². The molecule has 0 unspecified atom stereocenters. The number of benzene rings is 2. The average molecular weight is 388 g/mol. The Balaban J connectivity index is 1.75. The van der Waals surface area contributed by atoms with E-state index >= 15 is 0 Å². The lowest BCUT2D eigenvalue weighted by Gasteiger charge is -2.17. The minimum absolute atomic E-state index is 0.336. The minimum atomic E-state index is -0.336. The Kier molecular flexibility index (Phi) is 4.97. The molecule has 124 valence electrons. The number of methoxy groups -OCH3 is 1. The van der Waals surface area contributed by atoms with Gasteiger partial charge in [0.25, 0.3) is 0 Å². The molecule has 0 aliphatic heterocycles. The fourth-order valence-electron chi connectivity index (χ4n) is 2.62. The SMILES string of the molecule is COC(=O)c1ccc2c(cnn2CN(C)Cc2ccc(Br)cc2)c1. The molecular weight excluding hydrogens is 370 g/mol. The summed E-state index contributed by atoms with van der Waals surface area (Å²) in [6, 6.07) is 13.8. The normalized spacial score (nSPS) is 11.2. The van der Waals surface area contributed by atoms with E-state index in [4.69, 9.17) is 4.74 Å². The summed E-state index contributed by atoms with van der Waals surface area (Å²) in [5, 5.41) is 5.36. The second-order valence-electron chi connectivity index (χ2n) is 5.69. The van der Waals surface area contributed by atoms with Gasteiger partial charge in [0.15, 0.2) is 0 Å². The molecule has 6 heteroatoms. The van der Waals surface area contributed by atoms with E-state index in [1.165, 1.54) is 12.7 Å². The first-order valence-corrected chi connectivity index (χ1v) is 8.33. The monoisotopic (exact) mass is 387 g/mol. The predicted octanol–water partition coefficient (Wildman–Crippen LogP) is 3.67. The second kappa shape index (κ2) is 7.15. The van der Waals surface area contributed by atoms with Crippen LogP contribution in [0.2, 0.25) is 0 Å². The number of fused-ring (bicyclic) bond motifs is 1. The molecule has 1 aromatic heterocycles. The summed E-state index contributed by atoms with van der Waals surface area (Å²) in [4.78, 5) is 13.8. The third-order valence-corrected chi connectivity index (χ3v) is 4.33. The molecule has 0 fully saturated rings. The molecule has 3 aromatic rings. The van der Waals surface area contributed by atoms with Gasteiger partial charge < -0.3 is 4.74 Å². The molecule has 1 heterocycles. The summed E-state index contributed by atoms with van der Waals surface area (Å²) in [6.45, 7) is 1.49. The van der Waals surface area contributed by atoms with Gasteiger partial charge in [0, 0.05) is 16.4 Å². The smallest absolute Gasteiger partial charge is 0.337 e. The van der Waals surface area contributed by atoms with Gasteiger partial charge in [-0.3, -0.25) is 9.58 Å². The molecule has 2 aromatic carbocycles. The Labute approximate surface area is 149 Å². The highest BCUT2D eigenvalue weighted by atomic mass is 79.9. The first kappa shape index (κ1) is 16.7. The van der Waals surface area contributed by atoms with Gasteiger partial charge in [0.05, 0.1) is 31.1 Å². The van der Waals surface area contributed by atoms with Gasteiger partial charge in [-0.2, -0.15) is 5.10 Å². The number of hydrogen-bond donors (Lipinski definition) is 0. The maximum atomic E-state index is 11.6. The van der Waals surface area contributed by atoms with Crippen molar-refractivity contribution in [1.29, 1.82) is 0 Å². The lowest BCUT2D eigenvalue weighted by molar-refractivity contribution is 0.0601. The van der Waals surface area contributed by atoms with Crippen LogP contribution in [0.15, 0.2) is 53.1 Å². The van der Waals surface area contributed by atoms with Gasteiger partial charge in [-0.15, -0.1) is 0 Å². The number of halogens is 1. The first-order chi connectivity index (χ1) is 11.6. The summed E-state index contributed by atoms with van der Waals surface area (Å²) in [6.07, 6.45) is 1.77. The van der Waals surface area contributed by atoms with Crippen molar-refractivity contribution in [1.82, 2.24) is 14.7 Å². The number of esters is 1. The molecule has 0 aliphatic carbocycles. The molecule has 24 heavy (non-hydrogen) atoms. The van der Waals surface area contributed by atoms with Gasteiger partial charge in [-0.05, 0) is 42.9 Å². The molecule has 0 bridgehead atoms. The van der Waals surface area contributed by atoms with Gasteiger partial charge in [0.1, 0.15) is 0 Å². The highest BCUT2D eigenvalue weighted by molar-refractivity contribution is 9.10. The molecule has 0 saturated carbocycles. The van der Waals surface area contributed by atoms with Crippen molar-refractivity contribution in [3.05, 3.63) is 64.3 Å². The van der Waals surface area contributed by atoms with Crippen LogP contribution < -0.4 is 0 Å². The van der Waals surface area contributed by atoms with Gasteiger partial charge in [-0.25, -0.2) is 4.79 Å². The summed E-state index contributed by atoms with van der Waals surface area (Å²) in [7, 11) is 3.44. The van der Waals surface area contributed by atoms with E-state index in [0.29, 0.717) is 12.2 Å². The van der Waals surface area contributed by atoms with Crippen LogP contribution in [0.3, 0.4) is 0 Å². The molecule has 0 aliphatic rings. The Morgan fingerprint density at radius 2 is 2.00 bits per heavy atom. The molecule has 0 radical (unpaired) electrons. The van der Waals surface area contributed by atoms with Crippen molar-refractivity contribution in [2.45, 2.75) is 13.2 Å². The Bertz CT molecular complexity index is 858. The number of rotatable bonds is 5. The van der Waals surface area contributed by atoms with E-state index in [1.54, 1.807) is 18.3 Å². The fourth-order valence-corrected chi connectivity index (χ4v) is 2.89. The van der Waals surface area contributed by atoms with Gasteiger partial charge in [0.2, 0.25) is 0 Å². The van der Waals surface area contributed by atoms with Crippen LogP contribution in [-0.2, 0) is 18.0 Å². The molecule has 3 rings (SSSR count). The van der Waals surface area contributed by atoms with Crippen LogP contribution in [-0.4, -0.2) is 34.8 Å². The van der Waals surface area contributed by atoms with Crippen LogP contribution in [0.5, 0.6) is 0 Å². The average Bonchev–Trinajstić information content (AvgIpc) is 2.98. The molecule has 0 spiro atoms. The van der Waals surface area contributed by atoms with E-state index in [9.17, 15) is 4.79 Å². The van der Waals surface area contributed by atoms with Crippen LogP contribution >= 0.6 is 15.9 Å². The van der Waals surface area contributed by atoms with Crippen molar-refractivity contribution >= 4 is 32.8 Å². The van der Waals surface area contributed by atoms with E-state index in [2.05, 4.69) is 45.1 Å². The molecular formula is C18H18BrN3O2. The van der Waals surface area contributed by atoms with Crippen molar-refractivity contribution < 1.29 is 9.53 Å². The third-order valence-electron chi connectivity index (χ3n) is 3.80. The molecule has 5 nitrogen and oxygen atoms in total. The highest BCUT2D eigenvalue weighted by Gasteiger charge is 2.10. The molecule has 0 saturated heterocycles. The van der Waals surface area contributed by atoms with E-state index < -0.39 is 0 Å². The number of nitrogens with zero attached hydrogens (tertiary/aromatic N) is 3. The molecule has 0 amide bonds. The standard InChI is InChI=1S/C18H18BrN3O2/c1-21(11-13-3-6-16(19)7-4-13)12-22-17-8-5-14(18(23)24-2)9-15(17)10-20-22/h3-10H,11-12H2,1-2H3. The first-order valence-electron chi connectivity index (χ1n) is 7.53. The van der Waals surface area contributed by atoms with Crippen LogP contribution in [0.1, 0.15) is 15.9 Å². The maximum absolute atomic E-state index is 11.6. The van der Waals surface area contributed by atoms with Crippen LogP contribution in [0.4, 0.5) is 0 Å². The molecule has 0 N–H and O–H groups in total. The van der Waals surface area contributed by atoms with Gasteiger partial charge in [-0.1, -0.05) is 28.1 Å². The maximum Gasteiger partial charge on any atom is 0.337 e. The number of aromatic nitrogens is 2. The summed E-state index contributed by atoms with van der Waals surface area (Å²) in [5.41, 5.74) is 2.77. The van der Waals surface area contributed by atoms with Crippen molar-refractivity contribution in [3.63, 3.8) is 0 Å². The lowest BCUT2D eigenvalue weighted by Crippen LogP contribution is -2.22. The second-order valence-corrected chi connectivity index (χ2v) is 6.61. The van der Waals surface area contributed by atoms with E-state index in [1.807, 2.05) is 22.9 Å². The zero-order valence-electron chi connectivity index (χ0n) is 13.6. The quantitative estimate of drug-likeness (QED) is 0.626. The highest BCUT2D eigenvalue weighted by Crippen LogP contribution is 2.17. The van der Waals surface area contributed by atoms with Crippen molar-refractivity contribution in [2.75, 3.05) is 14.2 Å². The van der Waals surface area contributed by atoms with E-state index in [-0.39, 0.29) is 5.97 Å². The minimum Gasteiger partial charge on any atom is -0.465 e. The Morgan fingerprint density at radius 3 is 2.71 bits per heavy atom. The van der Waals surface area contributed by atoms with Crippen molar-refractivity contribution in [2.24, 2.45) is 0 Å². The zero-order valence-corrected chi connectivity index (χ0v) is 15.2. The largest absolute Gasteiger partial charge is 0.465 e. The zero-order chi connectivity index (χ0) is 17.1. The Morgan fingerprint density at radius 1 is 1.25 bits per heavy atom. The summed E-state index contributed by atoms with van der Waals surface area (Å²) < 4.78 is 7.76. The number of hydrogen-bond acceptors (Lipinski definition) is 4. The van der Waals surface area contributed by atoms with E-state index in [0.717, 1.165) is 21.9 Å². The summed E-state index contributed by atoms with van der Waals surface area (Å²) in [5.74, 6) is -0.336. The number of carbonyl (C=O) groups excluding carboxylic acids is 1. The number of carbonyl (C=O) groups is 1. The van der Waals surface area contributed by atoms with Crippen LogP contribution in [0, 0.1) is 0 Å². The topological polar surface area (TPSA) is 47.4 Å². The van der Waals surface area contributed by atoms with Crippen molar-refractivity contribution in [3.8, 4) is 0 Å². The van der Waals surface area contributed by atoms with Gasteiger partial charge >= 0.3 is 5.97 Å². The number of ether oxygens (including phenoxy) is 1. The Hall–Kier alpha value is -2.18. The third kappa shape index (κ3) is 3.66. The summed E-state index contributed by atoms with van der Waals surface area (Å²) >= 11 is 3.45. The fraction of sp³-hybridized carbons (Fsp3) is 0.222. The molecule has 0 atom stereocenters. The lowest BCUT2D eigenvalue weighted by atomic mass is 10.1. The predicted molar refractivity (Wildman–Crippen MR) is 96.7 cm³/mol.